The van der Waals surface area contributed by atoms with E-state index in [4.69, 9.17) is 0 Å². The quantitative estimate of drug-likeness (QED) is 0.718. The molecule has 0 atom stereocenters. The van der Waals surface area contributed by atoms with Crippen LogP contribution < -0.4 is 5.32 Å². The summed E-state index contributed by atoms with van der Waals surface area (Å²) in [4.78, 5) is 12.4. The van der Waals surface area contributed by atoms with Gasteiger partial charge in [0, 0.05) is 8.04 Å². The number of carbonyl (C=O) groups excluding carboxylic acids is 1. The van der Waals surface area contributed by atoms with E-state index in [1.165, 1.54) is 0 Å². The van der Waals surface area contributed by atoms with Gasteiger partial charge in [-0.1, -0.05) is 35.2 Å². The van der Waals surface area contributed by atoms with Crippen molar-refractivity contribution in [3.8, 4) is 6.07 Å². The fourth-order valence-electron chi connectivity index (χ4n) is 2.38. The van der Waals surface area contributed by atoms with Crippen LogP contribution in [-0.2, 0) is 0 Å². The Hall–Kier alpha value is -0.610. The van der Waals surface area contributed by atoms with Gasteiger partial charge in [0.2, 0.25) is 0 Å². The molecule has 2 rings (SSSR count). The lowest BCUT2D eigenvalue weighted by atomic mass is 9.82. The molecule has 5 heteroatoms. The van der Waals surface area contributed by atoms with E-state index in [9.17, 15) is 10.1 Å². The molecule has 1 saturated carbocycles. The maximum atomic E-state index is 12.4. The van der Waals surface area contributed by atoms with Crippen molar-refractivity contribution in [2.75, 3.05) is 0 Å². The standard InChI is InChI=1S/C14H14BrIN2O/c15-10-4-5-12(16)11(8-10)13(19)18-14(9-17)6-2-1-3-7-14/h4-5,8H,1-3,6-7H2,(H,18,19). The van der Waals surface area contributed by atoms with Crippen LogP contribution in [0.3, 0.4) is 0 Å². The average molecular weight is 433 g/mol. The van der Waals surface area contributed by atoms with Crippen molar-refractivity contribution in [3.05, 3.63) is 31.8 Å². The largest absolute Gasteiger partial charge is 0.334 e. The number of nitriles is 1. The van der Waals surface area contributed by atoms with Crippen LogP contribution >= 0.6 is 38.5 Å². The van der Waals surface area contributed by atoms with E-state index in [1.807, 2.05) is 12.1 Å². The third-order valence-corrected chi connectivity index (χ3v) is 4.88. The monoisotopic (exact) mass is 432 g/mol. The molecule has 0 saturated heterocycles. The summed E-state index contributed by atoms with van der Waals surface area (Å²) in [6, 6.07) is 7.89. The molecule has 0 bridgehead atoms. The Morgan fingerprint density at radius 1 is 1.37 bits per heavy atom. The highest BCUT2D eigenvalue weighted by Crippen LogP contribution is 2.28. The van der Waals surface area contributed by atoms with Crippen LogP contribution in [0.2, 0.25) is 0 Å². The van der Waals surface area contributed by atoms with Gasteiger partial charge in [0.1, 0.15) is 5.54 Å². The molecule has 1 aliphatic rings. The second-order valence-corrected chi connectivity index (χ2v) is 6.91. The molecule has 1 N–H and O–H groups in total. The third kappa shape index (κ3) is 3.48. The first-order valence-corrected chi connectivity index (χ1v) is 8.12. The molecular weight excluding hydrogens is 419 g/mol. The van der Waals surface area contributed by atoms with Gasteiger partial charge < -0.3 is 5.32 Å². The Morgan fingerprint density at radius 2 is 2.05 bits per heavy atom. The van der Waals surface area contributed by atoms with E-state index in [0.717, 1.165) is 40.1 Å². The molecule has 0 heterocycles. The van der Waals surface area contributed by atoms with E-state index in [-0.39, 0.29) is 5.91 Å². The number of carbonyl (C=O) groups is 1. The number of nitrogens with zero attached hydrogens (tertiary/aromatic N) is 1. The zero-order valence-corrected chi connectivity index (χ0v) is 14.1. The van der Waals surface area contributed by atoms with Crippen LogP contribution in [0.4, 0.5) is 0 Å². The predicted molar refractivity (Wildman–Crippen MR) is 85.8 cm³/mol. The van der Waals surface area contributed by atoms with Gasteiger partial charge in [-0.3, -0.25) is 4.79 Å². The Balaban J connectivity index is 2.20. The van der Waals surface area contributed by atoms with Gasteiger partial charge in [-0.25, -0.2) is 0 Å². The van der Waals surface area contributed by atoms with Crippen LogP contribution in [0, 0.1) is 14.9 Å². The smallest absolute Gasteiger partial charge is 0.253 e. The predicted octanol–water partition coefficient (Wildman–Crippen LogP) is 4.01. The van der Waals surface area contributed by atoms with Crippen LogP contribution in [0.25, 0.3) is 0 Å². The average Bonchev–Trinajstić information content (AvgIpc) is 2.42. The number of halogens is 2. The Kier molecular flexibility index (Phi) is 4.85. The number of nitrogens with one attached hydrogen (secondary N) is 1. The molecule has 1 amide bonds. The highest BCUT2D eigenvalue weighted by molar-refractivity contribution is 14.1. The van der Waals surface area contributed by atoms with Gasteiger partial charge in [0.15, 0.2) is 0 Å². The zero-order valence-electron chi connectivity index (χ0n) is 10.4. The van der Waals surface area contributed by atoms with Crippen molar-refractivity contribution < 1.29 is 4.79 Å². The second kappa shape index (κ2) is 6.23. The van der Waals surface area contributed by atoms with Crippen molar-refractivity contribution in [2.24, 2.45) is 0 Å². The summed E-state index contributed by atoms with van der Waals surface area (Å²) in [6.45, 7) is 0. The first-order chi connectivity index (χ1) is 9.06. The third-order valence-electron chi connectivity index (χ3n) is 3.45. The first kappa shape index (κ1) is 14.8. The lowest BCUT2D eigenvalue weighted by Crippen LogP contribution is -2.48. The van der Waals surface area contributed by atoms with E-state index < -0.39 is 5.54 Å². The van der Waals surface area contributed by atoms with E-state index >= 15 is 0 Å². The molecule has 19 heavy (non-hydrogen) atoms. The minimum Gasteiger partial charge on any atom is -0.334 e. The summed E-state index contributed by atoms with van der Waals surface area (Å²) in [7, 11) is 0. The van der Waals surface area contributed by atoms with Crippen molar-refractivity contribution in [1.82, 2.24) is 5.32 Å². The molecule has 0 aliphatic heterocycles. The Morgan fingerprint density at radius 3 is 2.68 bits per heavy atom. The number of rotatable bonds is 2. The van der Waals surface area contributed by atoms with Crippen molar-refractivity contribution in [3.63, 3.8) is 0 Å². The number of hydrogen-bond acceptors (Lipinski definition) is 2. The molecule has 1 aromatic carbocycles. The summed E-state index contributed by atoms with van der Waals surface area (Å²) < 4.78 is 1.76. The van der Waals surface area contributed by atoms with Crippen LogP contribution in [-0.4, -0.2) is 11.4 Å². The Bertz CT molecular complexity index is 533. The van der Waals surface area contributed by atoms with E-state index in [2.05, 4.69) is 49.9 Å². The lowest BCUT2D eigenvalue weighted by molar-refractivity contribution is 0.0901. The number of amides is 1. The fourth-order valence-corrected chi connectivity index (χ4v) is 3.32. The van der Waals surface area contributed by atoms with Gasteiger partial charge in [0.05, 0.1) is 11.6 Å². The van der Waals surface area contributed by atoms with Gasteiger partial charge in [-0.15, -0.1) is 0 Å². The molecule has 3 nitrogen and oxygen atoms in total. The van der Waals surface area contributed by atoms with Crippen molar-refractivity contribution in [2.45, 2.75) is 37.6 Å². The van der Waals surface area contributed by atoms with Crippen molar-refractivity contribution >= 4 is 44.4 Å². The van der Waals surface area contributed by atoms with Gasteiger partial charge in [-0.2, -0.15) is 5.26 Å². The zero-order chi connectivity index (χ0) is 13.9. The molecule has 1 fully saturated rings. The topological polar surface area (TPSA) is 52.9 Å². The maximum absolute atomic E-state index is 12.4. The highest BCUT2D eigenvalue weighted by Gasteiger charge is 2.34. The van der Waals surface area contributed by atoms with Crippen molar-refractivity contribution in [1.29, 1.82) is 5.26 Å². The second-order valence-electron chi connectivity index (χ2n) is 4.83. The summed E-state index contributed by atoms with van der Waals surface area (Å²) >= 11 is 5.51. The molecule has 0 unspecified atom stereocenters. The van der Waals surface area contributed by atoms with Crippen LogP contribution in [0.1, 0.15) is 42.5 Å². The SMILES string of the molecule is N#CC1(NC(=O)c2cc(Br)ccc2I)CCCCC1. The van der Waals surface area contributed by atoms with E-state index in [1.54, 1.807) is 6.07 Å². The van der Waals surface area contributed by atoms with Gasteiger partial charge in [0.25, 0.3) is 5.91 Å². The summed E-state index contributed by atoms with van der Waals surface area (Å²) in [6.07, 6.45) is 4.65. The molecule has 100 valence electrons. The molecule has 1 aromatic rings. The molecular formula is C14H14BrIN2O. The number of hydrogen-bond donors (Lipinski definition) is 1. The minimum absolute atomic E-state index is 0.158. The van der Waals surface area contributed by atoms with E-state index in [0.29, 0.717) is 5.56 Å². The lowest BCUT2D eigenvalue weighted by Gasteiger charge is -2.31. The van der Waals surface area contributed by atoms with Gasteiger partial charge in [-0.05, 0) is 53.6 Å². The summed E-state index contributed by atoms with van der Waals surface area (Å²) in [5.74, 6) is -0.158. The highest BCUT2D eigenvalue weighted by atomic mass is 127. The molecule has 1 aliphatic carbocycles. The fraction of sp³-hybridized carbons (Fsp3) is 0.429. The maximum Gasteiger partial charge on any atom is 0.253 e. The minimum atomic E-state index is -0.680. The molecule has 0 radical (unpaired) electrons. The molecule has 0 spiro atoms. The van der Waals surface area contributed by atoms with Crippen LogP contribution in [0.5, 0.6) is 0 Å². The van der Waals surface area contributed by atoms with Crippen LogP contribution in [0.15, 0.2) is 22.7 Å². The Labute approximate surface area is 135 Å². The first-order valence-electron chi connectivity index (χ1n) is 6.25. The molecule has 0 aromatic heterocycles. The normalized spacial score (nSPS) is 17.5. The summed E-state index contributed by atoms with van der Waals surface area (Å²) in [5.41, 5.74) is -0.0593. The summed E-state index contributed by atoms with van der Waals surface area (Å²) in [5, 5.41) is 12.3. The number of benzene rings is 1. The van der Waals surface area contributed by atoms with Gasteiger partial charge >= 0.3 is 0 Å².